The molecule has 1 unspecified atom stereocenters. The molecular weight excluding hydrogens is 578 g/mol. The van der Waals surface area contributed by atoms with Gasteiger partial charge in [-0.3, -0.25) is 0 Å². The van der Waals surface area contributed by atoms with Gasteiger partial charge in [0, 0.05) is 6.07 Å². The average molecular weight is 609 g/mol. The molecule has 1 aromatic heterocycles. The van der Waals surface area contributed by atoms with Gasteiger partial charge in [-0.2, -0.15) is 0 Å². The molecule has 1 atom stereocenters. The number of pyridine rings is 1. The van der Waals surface area contributed by atoms with E-state index in [1.54, 1.807) is 0 Å². The Morgan fingerprint density at radius 1 is 1.20 bits per heavy atom. The number of carbonyl (C=O) groups is 2. The summed E-state index contributed by atoms with van der Waals surface area (Å²) in [6.07, 6.45) is -0.177. The summed E-state index contributed by atoms with van der Waals surface area (Å²) in [6, 6.07) is 1.79. The first kappa shape index (κ1) is 31.9. The molecule has 3 rings (SSSR count). The fourth-order valence-electron chi connectivity index (χ4n) is 4.55. The van der Waals surface area contributed by atoms with Gasteiger partial charge < -0.3 is 0 Å². The fourth-order valence-corrected chi connectivity index (χ4v) is 5.65. The summed E-state index contributed by atoms with van der Waals surface area (Å²) in [5.74, 6) is -4.53. The topological polar surface area (TPSA) is 210 Å². The molecule has 7 N–H and O–H groups in total. The van der Waals surface area contributed by atoms with Gasteiger partial charge in [-0.15, -0.1) is 0 Å². The predicted octanol–water partition coefficient (Wildman–Crippen LogP) is 0.305. The van der Waals surface area contributed by atoms with Gasteiger partial charge in [-0.25, -0.2) is 8.78 Å². The monoisotopic (exact) mass is 609 g/mol. The van der Waals surface area contributed by atoms with Crippen LogP contribution in [0.25, 0.3) is 0 Å². The molecule has 0 fully saturated rings. The van der Waals surface area contributed by atoms with Gasteiger partial charge in [-0.05, 0) is 6.07 Å². The average Bonchev–Trinajstić information content (AvgIpc) is 2.82. The summed E-state index contributed by atoms with van der Waals surface area (Å²) in [6.45, 7) is 1.75. The summed E-state index contributed by atoms with van der Waals surface area (Å²) in [4.78, 5) is 87.8. The molecule has 17 heteroatoms. The first-order chi connectivity index (χ1) is 18.3. The molecule has 2 heterocycles. The van der Waals surface area contributed by atoms with Gasteiger partial charge in [0.1, 0.15) is 11.6 Å². The summed E-state index contributed by atoms with van der Waals surface area (Å²) in [5.41, 5.74) is -3.62. The molecule has 222 valence electrons. The molecule has 1 aliphatic rings. The van der Waals surface area contributed by atoms with Crippen molar-refractivity contribution >= 4 is 27.2 Å². The van der Waals surface area contributed by atoms with Gasteiger partial charge in [0.05, 0.1) is 0 Å². The molecule has 0 bridgehead atoms. The Hall–Kier alpha value is -2.61. The van der Waals surface area contributed by atoms with Gasteiger partial charge in [0.2, 0.25) is 0 Å². The standard InChI is InChI=1S/C23H31F2N3O10P2/c1-23(2)17(27(5-7-39(33,34)35)6-8-40(36,37)38)12-28-11-15(19(29)20(30)18(28)21(23)31)22(32)26-10-13-3-4-14(24)9-16(13)25/h3-4,9,11,17,30,33-35,39H,5-8,10,12H2,1-2H3,(H,26,32)(H2,36,37,38). The van der Waals surface area contributed by atoms with E-state index in [1.807, 2.05) is 0 Å². The van der Waals surface area contributed by atoms with E-state index in [0.29, 0.717) is 6.07 Å². The fraction of sp³-hybridized carbons (Fsp3) is 0.435. The van der Waals surface area contributed by atoms with Crippen LogP contribution in [-0.2, 0) is 17.7 Å². The molecule has 0 saturated heterocycles. The molecule has 2 aromatic rings. The van der Waals surface area contributed by atoms with Crippen molar-refractivity contribution in [1.29, 1.82) is 0 Å². The van der Waals surface area contributed by atoms with Crippen LogP contribution in [0.3, 0.4) is 0 Å². The van der Waals surface area contributed by atoms with E-state index in [1.165, 1.54) is 18.7 Å². The number of benzene rings is 1. The Labute approximate surface area is 227 Å². The number of Topliss-reactive ketones (excluding diaryl/α,β-unsaturated/α-hetero) is 1. The molecule has 0 saturated carbocycles. The Morgan fingerprint density at radius 3 is 2.42 bits per heavy atom. The number of halogens is 2. The number of aromatic hydroxyl groups is 1. The van der Waals surface area contributed by atoms with Gasteiger partial charge >= 0.3 is 189 Å². The number of rotatable bonds is 10. The van der Waals surface area contributed by atoms with Crippen LogP contribution in [0.1, 0.15) is 40.3 Å². The number of hydrogen-bond donors (Lipinski definition) is 7. The summed E-state index contributed by atoms with van der Waals surface area (Å²) < 4.78 is 39.8. The van der Waals surface area contributed by atoms with Crippen molar-refractivity contribution in [1.82, 2.24) is 14.8 Å². The van der Waals surface area contributed by atoms with E-state index >= 15 is 0 Å². The summed E-state index contributed by atoms with van der Waals surface area (Å²) in [5, 5.41) is 12.9. The first-order valence-electron chi connectivity index (χ1n) is 12.0. The predicted molar refractivity (Wildman–Crippen MR) is 140 cm³/mol. The zero-order valence-corrected chi connectivity index (χ0v) is 23.4. The van der Waals surface area contributed by atoms with Crippen LogP contribution in [0.5, 0.6) is 5.75 Å². The SMILES string of the molecule is CC1(C)C(=O)c2c(O)c(=O)c(C(=O)NCc3ccc(F)cc3F)cn2CC1N(CCP(=O)(O)O)CC[PH](O)(O)O. The maximum absolute atomic E-state index is 13.9. The van der Waals surface area contributed by atoms with E-state index < -0.39 is 91.6 Å². The maximum atomic E-state index is 13.9. The van der Waals surface area contributed by atoms with Crippen molar-refractivity contribution in [2.45, 2.75) is 33.0 Å². The molecule has 0 aliphatic carbocycles. The molecule has 0 spiro atoms. The van der Waals surface area contributed by atoms with Crippen LogP contribution < -0.4 is 10.7 Å². The summed E-state index contributed by atoms with van der Waals surface area (Å²) >= 11 is 0. The van der Waals surface area contributed by atoms with Gasteiger partial charge in [-0.1, -0.05) is 6.07 Å². The normalized spacial score (nSPS) is 17.6. The number of fused-ring (bicyclic) bond motifs is 1. The number of aromatic nitrogens is 1. The van der Waals surface area contributed by atoms with Gasteiger partial charge in [0.15, 0.2) is 0 Å². The molecule has 13 nitrogen and oxygen atoms in total. The second kappa shape index (κ2) is 11.7. The number of nitrogens with one attached hydrogen (secondary N) is 1. The quantitative estimate of drug-likeness (QED) is 0.182. The Balaban J connectivity index is 1.97. The van der Waals surface area contributed by atoms with Crippen LogP contribution in [0, 0.1) is 17.0 Å². The minimum absolute atomic E-state index is 0.0778. The second-order valence-corrected chi connectivity index (χ2v) is 14.0. The van der Waals surface area contributed by atoms with Crippen LogP contribution in [0.4, 0.5) is 8.78 Å². The van der Waals surface area contributed by atoms with E-state index in [4.69, 9.17) is 0 Å². The van der Waals surface area contributed by atoms with Crippen molar-refractivity contribution < 1.29 is 52.5 Å². The van der Waals surface area contributed by atoms with Crippen LogP contribution >= 0.6 is 15.5 Å². The number of hydrogen-bond acceptors (Lipinski definition) is 9. The van der Waals surface area contributed by atoms with Crippen molar-refractivity contribution in [2.24, 2.45) is 5.41 Å². The van der Waals surface area contributed by atoms with Crippen molar-refractivity contribution in [3.63, 3.8) is 0 Å². The number of carbonyl (C=O) groups excluding carboxylic acids is 2. The second-order valence-electron chi connectivity index (χ2n) is 10.2. The molecule has 1 amide bonds. The zero-order chi connectivity index (χ0) is 30.2. The van der Waals surface area contributed by atoms with E-state index in [0.717, 1.165) is 22.9 Å². The number of ketones is 1. The molecule has 0 radical (unpaired) electrons. The summed E-state index contributed by atoms with van der Waals surface area (Å²) in [7, 11) is -9.11. The van der Waals surface area contributed by atoms with E-state index in [2.05, 4.69) is 5.32 Å². The van der Waals surface area contributed by atoms with Crippen molar-refractivity contribution in [3.05, 3.63) is 63.1 Å². The number of amides is 1. The van der Waals surface area contributed by atoms with Crippen LogP contribution in [-0.4, -0.2) is 82.2 Å². The molecular formula is C23H31F2N3O10P2. The van der Waals surface area contributed by atoms with E-state index in [-0.39, 0.29) is 25.2 Å². The molecule has 1 aliphatic heterocycles. The minimum atomic E-state index is -4.59. The first-order valence-corrected chi connectivity index (χ1v) is 15.9. The Morgan fingerprint density at radius 2 is 1.85 bits per heavy atom. The third-order valence-corrected chi connectivity index (χ3v) is 8.49. The Bertz CT molecular complexity index is 1420. The molecule has 1 aromatic carbocycles. The Kier molecular flexibility index (Phi) is 9.34. The van der Waals surface area contributed by atoms with Crippen LogP contribution in [0.2, 0.25) is 0 Å². The van der Waals surface area contributed by atoms with Crippen LogP contribution in [0.15, 0.2) is 29.2 Å². The van der Waals surface area contributed by atoms with Crippen molar-refractivity contribution in [2.75, 3.05) is 25.4 Å². The van der Waals surface area contributed by atoms with E-state index in [9.17, 15) is 57.3 Å². The van der Waals surface area contributed by atoms with Gasteiger partial charge in [0.25, 0.3) is 0 Å². The zero-order valence-electron chi connectivity index (χ0n) is 21.5. The molecule has 40 heavy (non-hydrogen) atoms. The third kappa shape index (κ3) is 7.36. The third-order valence-electron chi connectivity index (χ3n) is 6.81. The van der Waals surface area contributed by atoms with Crippen molar-refractivity contribution in [3.8, 4) is 5.75 Å². The number of nitrogens with zero attached hydrogens (tertiary/aromatic N) is 2.